The summed E-state index contributed by atoms with van der Waals surface area (Å²) in [6.45, 7) is -1.57. The standard InChI is InChI=1S/C12H16F3N3O/c1-18(2)10-5-3-4-9(6-10)17-11(19)7-16-8-12(13,14)15/h3-6,16H,7-8H2,1-2H3,(H,17,19). The lowest BCUT2D eigenvalue weighted by atomic mass is 10.2. The van der Waals surface area contributed by atoms with Gasteiger partial charge < -0.3 is 15.5 Å². The number of hydrogen-bond acceptors (Lipinski definition) is 3. The van der Waals surface area contributed by atoms with Gasteiger partial charge in [0.15, 0.2) is 0 Å². The van der Waals surface area contributed by atoms with Crippen LogP contribution < -0.4 is 15.5 Å². The Kier molecular flexibility index (Phi) is 5.17. The van der Waals surface area contributed by atoms with Crippen LogP contribution >= 0.6 is 0 Å². The Labute approximate surface area is 109 Å². The van der Waals surface area contributed by atoms with Crippen molar-refractivity contribution in [1.82, 2.24) is 5.32 Å². The number of amides is 1. The summed E-state index contributed by atoms with van der Waals surface area (Å²) in [5.41, 5.74) is 1.44. The van der Waals surface area contributed by atoms with Gasteiger partial charge in [-0.1, -0.05) is 6.07 Å². The number of benzene rings is 1. The molecule has 106 valence electrons. The quantitative estimate of drug-likeness (QED) is 0.862. The van der Waals surface area contributed by atoms with E-state index >= 15 is 0 Å². The molecule has 2 N–H and O–H groups in total. The molecular formula is C12H16F3N3O. The van der Waals surface area contributed by atoms with Gasteiger partial charge in [-0.15, -0.1) is 0 Å². The Balaban J connectivity index is 2.46. The zero-order valence-electron chi connectivity index (χ0n) is 10.7. The molecule has 7 heteroatoms. The molecule has 0 fully saturated rings. The van der Waals surface area contributed by atoms with E-state index in [4.69, 9.17) is 0 Å². The van der Waals surface area contributed by atoms with Crippen LogP contribution in [0.3, 0.4) is 0 Å². The van der Waals surface area contributed by atoms with Gasteiger partial charge in [0.25, 0.3) is 0 Å². The summed E-state index contributed by atoms with van der Waals surface area (Å²) >= 11 is 0. The van der Waals surface area contributed by atoms with Gasteiger partial charge in [0, 0.05) is 25.5 Å². The van der Waals surface area contributed by atoms with Crippen LogP contribution in [-0.4, -0.2) is 39.3 Å². The zero-order valence-corrected chi connectivity index (χ0v) is 10.7. The summed E-state index contributed by atoms with van der Waals surface area (Å²) < 4.78 is 35.6. The van der Waals surface area contributed by atoms with E-state index in [1.807, 2.05) is 30.4 Å². The van der Waals surface area contributed by atoms with Gasteiger partial charge in [-0.05, 0) is 18.2 Å². The second-order valence-electron chi connectivity index (χ2n) is 4.21. The highest BCUT2D eigenvalue weighted by atomic mass is 19.4. The van der Waals surface area contributed by atoms with E-state index < -0.39 is 18.6 Å². The molecule has 4 nitrogen and oxygen atoms in total. The predicted octanol–water partition coefficient (Wildman–Crippen LogP) is 1.84. The van der Waals surface area contributed by atoms with Crippen molar-refractivity contribution in [2.45, 2.75) is 6.18 Å². The van der Waals surface area contributed by atoms with E-state index in [1.165, 1.54) is 0 Å². The van der Waals surface area contributed by atoms with E-state index in [0.29, 0.717) is 5.69 Å². The molecule has 0 aliphatic heterocycles. The number of hydrogen-bond donors (Lipinski definition) is 2. The highest BCUT2D eigenvalue weighted by Crippen LogP contribution is 2.17. The van der Waals surface area contributed by atoms with Crippen LogP contribution in [-0.2, 0) is 4.79 Å². The first-order valence-corrected chi connectivity index (χ1v) is 5.62. The number of halogens is 3. The van der Waals surface area contributed by atoms with Crippen molar-refractivity contribution >= 4 is 17.3 Å². The second kappa shape index (κ2) is 6.42. The monoisotopic (exact) mass is 275 g/mol. The molecule has 0 aromatic heterocycles. The smallest absolute Gasteiger partial charge is 0.378 e. The number of nitrogens with zero attached hydrogens (tertiary/aromatic N) is 1. The number of alkyl halides is 3. The molecule has 1 amide bonds. The topological polar surface area (TPSA) is 44.4 Å². The lowest BCUT2D eigenvalue weighted by Crippen LogP contribution is -2.35. The van der Waals surface area contributed by atoms with Crippen molar-refractivity contribution in [3.63, 3.8) is 0 Å². The van der Waals surface area contributed by atoms with Crippen molar-refractivity contribution in [2.24, 2.45) is 0 Å². The molecule has 0 unspecified atom stereocenters. The van der Waals surface area contributed by atoms with Crippen LogP contribution in [0.15, 0.2) is 24.3 Å². The van der Waals surface area contributed by atoms with Gasteiger partial charge in [-0.2, -0.15) is 13.2 Å². The van der Waals surface area contributed by atoms with Crippen LogP contribution in [0, 0.1) is 0 Å². The van der Waals surface area contributed by atoms with Crippen LogP contribution in [0.25, 0.3) is 0 Å². The largest absolute Gasteiger partial charge is 0.401 e. The molecule has 0 radical (unpaired) electrons. The molecule has 0 atom stereocenters. The first-order valence-electron chi connectivity index (χ1n) is 5.62. The Morgan fingerprint density at radius 2 is 2.00 bits per heavy atom. The Hall–Kier alpha value is -1.76. The molecule has 1 aromatic rings. The first-order chi connectivity index (χ1) is 8.78. The normalized spacial score (nSPS) is 11.2. The maximum Gasteiger partial charge on any atom is 0.401 e. The molecule has 0 saturated carbocycles. The van der Waals surface area contributed by atoms with Crippen LogP contribution in [0.5, 0.6) is 0 Å². The van der Waals surface area contributed by atoms with Gasteiger partial charge in [0.1, 0.15) is 0 Å². The Morgan fingerprint density at radius 3 is 2.58 bits per heavy atom. The summed E-state index contributed by atoms with van der Waals surface area (Å²) in [7, 11) is 3.71. The maximum atomic E-state index is 11.9. The van der Waals surface area contributed by atoms with Gasteiger partial charge in [0.05, 0.1) is 13.1 Å². The van der Waals surface area contributed by atoms with Crippen molar-refractivity contribution in [1.29, 1.82) is 0 Å². The summed E-state index contributed by atoms with van der Waals surface area (Å²) in [5.74, 6) is -0.514. The highest BCUT2D eigenvalue weighted by Gasteiger charge is 2.26. The average molecular weight is 275 g/mol. The van der Waals surface area contributed by atoms with E-state index in [1.54, 1.807) is 18.2 Å². The summed E-state index contributed by atoms with van der Waals surface area (Å²) in [6, 6.07) is 7.03. The van der Waals surface area contributed by atoms with Gasteiger partial charge in [-0.25, -0.2) is 0 Å². The number of carbonyl (C=O) groups excluding carboxylic acids is 1. The zero-order chi connectivity index (χ0) is 14.5. The van der Waals surface area contributed by atoms with Gasteiger partial charge in [0.2, 0.25) is 5.91 Å². The number of anilines is 2. The average Bonchev–Trinajstić information content (AvgIpc) is 2.27. The molecule has 0 heterocycles. The predicted molar refractivity (Wildman–Crippen MR) is 68.3 cm³/mol. The molecule has 0 spiro atoms. The van der Waals surface area contributed by atoms with E-state index in [9.17, 15) is 18.0 Å². The molecule has 1 aromatic carbocycles. The van der Waals surface area contributed by atoms with E-state index in [0.717, 1.165) is 5.69 Å². The number of carbonyl (C=O) groups is 1. The summed E-state index contributed by atoms with van der Waals surface area (Å²) in [5, 5.41) is 4.56. The Morgan fingerprint density at radius 1 is 1.32 bits per heavy atom. The Bertz CT molecular complexity index is 432. The minimum Gasteiger partial charge on any atom is -0.378 e. The highest BCUT2D eigenvalue weighted by molar-refractivity contribution is 5.92. The molecular weight excluding hydrogens is 259 g/mol. The fraction of sp³-hybridized carbons (Fsp3) is 0.417. The lowest BCUT2D eigenvalue weighted by Gasteiger charge is -2.14. The third-order valence-electron chi connectivity index (χ3n) is 2.26. The molecule has 0 saturated heterocycles. The van der Waals surface area contributed by atoms with Crippen LogP contribution in [0.2, 0.25) is 0 Å². The minimum atomic E-state index is -4.31. The lowest BCUT2D eigenvalue weighted by molar-refractivity contribution is -0.126. The van der Waals surface area contributed by atoms with Crippen molar-refractivity contribution < 1.29 is 18.0 Å². The second-order valence-corrected chi connectivity index (χ2v) is 4.21. The summed E-state index contributed by atoms with van der Waals surface area (Å²) in [4.78, 5) is 13.3. The number of rotatable bonds is 5. The van der Waals surface area contributed by atoms with Crippen molar-refractivity contribution in [3.05, 3.63) is 24.3 Å². The van der Waals surface area contributed by atoms with Crippen LogP contribution in [0.1, 0.15) is 0 Å². The van der Waals surface area contributed by atoms with Crippen LogP contribution in [0.4, 0.5) is 24.5 Å². The minimum absolute atomic E-state index is 0.383. The fourth-order valence-electron chi connectivity index (χ4n) is 1.38. The molecule has 0 aliphatic carbocycles. The molecule has 19 heavy (non-hydrogen) atoms. The van der Waals surface area contributed by atoms with E-state index in [2.05, 4.69) is 5.32 Å². The van der Waals surface area contributed by atoms with Gasteiger partial charge >= 0.3 is 6.18 Å². The summed E-state index contributed by atoms with van der Waals surface area (Å²) in [6.07, 6.45) is -4.31. The number of nitrogens with one attached hydrogen (secondary N) is 2. The fourth-order valence-corrected chi connectivity index (χ4v) is 1.38. The molecule has 1 rings (SSSR count). The van der Waals surface area contributed by atoms with Gasteiger partial charge in [-0.3, -0.25) is 4.79 Å². The first kappa shape index (κ1) is 15.3. The van der Waals surface area contributed by atoms with Crippen molar-refractivity contribution in [2.75, 3.05) is 37.4 Å². The third-order valence-corrected chi connectivity index (χ3v) is 2.26. The third kappa shape index (κ3) is 6.10. The molecule has 0 aliphatic rings. The SMILES string of the molecule is CN(C)c1cccc(NC(=O)CNCC(F)(F)F)c1. The maximum absolute atomic E-state index is 11.9. The van der Waals surface area contributed by atoms with E-state index in [-0.39, 0.29) is 6.54 Å². The van der Waals surface area contributed by atoms with Crippen molar-refractivity contribution in [3.8, 4) is 0 Å². The molecule has 0 bridgehead atoms.